The molecule has 2 aromatic rings. The third-order valence-electron chi connectivity index (χ3n) is 5.28. The van der Waals surface area contributed by atoms with Crippen molar-refractivity contribution < 1.29 is 14.3 Å². The van der Waals surface area contributed by atoms with Crippen LogP contribution in [0.5, 0.6) is 5.75 Å². The van der Waals surface area contributed by atoms with Crippen molar-refractivity contribution in [3.8, 4) is 5.75 Å². The van der Waals surface area contributed by atoms with E-state index in [4.69, 9.17) is 4.74 Å². The number of rotatable bonds is 7. The van der Waals surface area contributed by atoms with Crippen molar-refractivity contribution in [1.82, 2.24) is 5.32 Å². The molecular formula is C23H28N2O3. The second-order valence-electron chi connectivity index (χ2n) is 7.66. The molecule has 2 atom stereocenters. The maximum absolute atomic E-state index is 12.7. The number of nitrogens with one attached hydrogen (secondary N) is 2. The minimum Gasteiger partial charge on any atom is -0.496 e. The van der Waals surface area contributed by atoms with Gasteiger partial charge in [0.1, 0.15) is 5.75 Å². The van der Waals surface area contributed by atoms with Crippen molar-refractivity contribution in [2.24, 2.45) is 11.8 Å². The molecule has 0 bridgehead atoms. The first kappa shape index (κ1) is 19.9. The summed E-state index contributed by atoms with van der Waals surface area (Å²) in [6.07, 6.45) is 0.590. The molecule has 2 aromatic carbocycles. The predicted octanol–water partition coefficient (Wildman–Crippen LogP) is 4.02. The monoisotopic (exact) mass is 380 g/mol. The van der Waals surface area contributed by atoms with Crippen LogP contribution < -0.4 is 15.4 Å². The van der Waals surface area contributed by atoms with Crippen LogP contribution in [0.4, 0.5) is 5.69 Å². The number of aryl methyl sites for hydroxylation is 1. The van der Waals surface area contributed by atoms with E-state index in [2.05, 4.69) is 24.5 Å². The van der Waals surface area contributed by atoms with Crippen molar-refractivity contribution in [2.45, 2.75) is 39.7 Å². The minimum absolute atomic E-state index is 0.0753. The van der Waals surface area contributed by atoms with Gasteiger partial charge in [0.05, 0.1) is 18.9 Å². The first-order chi connectivity index (χ1) is 13.4. The molecule has 5 heteroatoms. The Morgan fingerprint density at radius 3 is 2.50 bits per heavy atom. The highest BCUT2D eigenvalue weighted by atomic mass is 16.5. The Morgan fingerprint density at radius 1 is 1.07 bits per heavy atom. The first-order valence-corrected chi connectivity index (χ1v) is 9.72. The van der Waals surface area contributed by atoms with Crippen molar-refractivity contribution >= 4 is 17.5 Å². The Bertz CT molecular complexity index is 876. The Labute approximate surface area is 166 Å². The molecule has 0 aliphatic heterocycles. The molecule has 1 aliphatic carbocycles. The third kappa shape index (κ3) is 4.35. The van der Waals surface area contributed by atoms with Crippen molar-refractivity contribution in [3.05, 3.63) is 59.2 Å². The molecule has 0 saturated heterocycles. The molecule has 2 N–H and O–H groups in total. The normalized spacial score (nSPS) is 17.9. The minimum atomic E-state index is -0.266. The lowest BCUT2D eigenvalue weighted by Gasteiger charge is -2.16. The van der Waals surface area contributed by atoms with Crippen molar-refractivity contribution in [3.63, 3.8) is 0 Å². The van der Waals surface area contributed by atoms with Gasteiger partial charge in [-0.05, 0) is 36.5 Å². The summed E-state index contributed by atoms with van der Waals surface area (Å²) >= 11 is 0. The molecule has 1 fully saturated rings. The molecular weight excluding hydrogens is 352 g/mol. The summed E-state index contributed by atoms with van der Waals surface area (Å²) in [5, 5.41) is 5.99. The zero-order valence-corrected chi connectivity index (χ0v) is 16.9. The zero-order valence-electron chi connectivity index (χ0n) is 16.9. The number of methoxy groups -OCH3 is 1. The van der Waals surface area contributed by atoms with Crippen LogP contribution in [0.2, 0.25) is 0 Å². The number of para-hydroxylation sites is 2. The van der Waals surface area contributed by atoms with Crippen LogP contribution >= 0.6 is 0 Å². The zero-order chi connectivity index (χ0) is 20.3. The average molecular weight is 380 g/mol. The molecule has 0 aromatic heterocycles. The van der Waals surface area contributed by atoms with Crippen LogP contribution in [-0.4, -0.2) is 18.9 Å². The van der Waals surface area contributed by atoms with E-state index in [0.29, 0.717) is 18.9 Å². The fourth-order valence-corrected chi connectivity index (χ4v) is 3.50. The van der Waals surface area contributed by atoms with Gasteiger partial charge >= 0.3 is 0 Å². The summed E-state index contributed by atoms with van der Waals surface area (Å²) < 4.78 is 5.31. The van der Waals surface area contributed by atoms with Gasteiger partial charge in [-0.3, -0.25) is 9.59 Å². The fraction of sp³-hybridized carbons (Fsp3) is 0.391. The maximum atomic E-state index is 12.7. The Morgan fingerprint density at radius 2 is 1.79 bits per heavy atom. The van der Waals surface area contributed by atoms with Gasteiger partial charge in [-0.15, -0.1) is 0 Å². The standard InChI is InChI=1S/C23H28N2O3/c1-14(2)17-10-7-8-15(3)21(17)25-23(27)19-12-18(19)22(26)24-13-16-9-5-6-11-20(16)28-4/h5-11,14,18-19H,12-13H2,1-4H3,(H,24,26)(H,25,27). The van der Waals surface area contributed by atoms with E-state index < -0.39 is 0 Å². The van der Waals surface area contributed by atoms with Crippen LogP contribution in [0.15, 0.2) is 42.5 Å². The lowest BCUT2D eigenvalue weighted by Crippen LogP contribution is -2.27. The van der Waals surface area contributed by atoms with Gasteiger partial charge in [0.2, 0.25) is 11.8 Å². The van der Waals surface area contributed by atoms with E-state index >= 15 is 0 Å². The summed E-state index contributed by atoms with van der Waals surface area (Å²) in [6.45, 7) is 6.60. The van der Waals surface area contributed by atoms with E-state index in [0.717, 1.165) is 28.1 Å². The highest BCUT2D eigenvalue weighted by Gasteiger charge is 2.48. The smallest absolute Gasteiger partial charge is 0.228 e. The number of carbonyl (C=O) groups excluding carboxylic acids is 2. The summed E-state index contributed by atoms with van der Waals surface area (Å²) in [4.78, 5) is 25.1. The van der Waals surface area contributed by atoms with Gasteiger partial charge in [-0.1, -0.05) is 50.2 Å². The molecule has 28 heavy (non-hydrogen) atoms. The van der Waals surface area contributed by atoms with E-state index in [1.807, 2.05) is 49.4 Å². The highest BCUT2D eigenvalue weighted by Crippen LogP contribution is 2.40. The number of benzene rings is 2. The SMILES string of the molecule is COc1ccccc1CNC(=O)C1CC1C(=O)Nc1c(C)cccc1C(C)C. The summed E-state index contributed by atoms with van der Waals surface area (Å²) in [7, 11) is 1.61. The van der Waals surface area contributed by atoms with Gasteiger partial charge in [0.25, 0.3) is 0 Å². The van der Waals surface area contributed by atoms with Crippen LogP contribution in [0.3, 0.4) is 0 Å². The molecule has 2 amide bonds. The molecule has 148 valence electrons. The lowest BCUT2D eigenvalue weighted by molar-refractivity contribution is -0.125. The average Bonchev–Trinajstić information content (AvgIpc) is 3.48. The second-order valence-corrected chi connectivity index (χ2v) is 7.66. The Hall–Kier alpha value is -2.82. The van der Waals surface area contributed by atoms with E-state index in [9.17, 15) is 9.59 Å². The summed E-state index contributed by atoms with van der Waals surface area (Å²) in [5.74, 6) is 0.370. The quantitative estimate of drug-likeness (QED) is 0.762. The van der Waals surface area contributed by atoms with E-state index in [1.54, 1.807) is 7.11 Å². The molecule has 1 saturated carbocycles. The summed E-state index contributed by atoms with van der Waals surface area (Å²) in [6, 6.07) is 13.6. The molecule has 0 radical (unpaired) electrons. The number of carbonyl (C=O) groups is 2. The van der Waals surface area contributed by atoms with Gasteiger partial charge in [-0.25, -0.2) is 0 Å². The summed E-state index contributed by atoms with van der Waals surface area (Å²) in [5.41, 5.74) is 3.95. The van der Waals surface area contributed by atoms with Crippen LogP contribution in [0, 0.1) is 18.8 Å². The molecule has 1 aliphatic rings. The largest absolute Gasteiger partial charge is 0.496 e. The first-order valence-electron chi connectivity index (χ1n) is 9.72. The third-order valence-corrected chi connectivity index (χ3v) is 5.28. The highest BCUT2D eigenvalue weighted by molar-refractivity contribution is 6.00. The van der Waals surface area contributed by atoms with Gasteiger partial charge in [-0.2, -0.15) is 0 Å². The predicted molar refractivity (Wildman–Crippen MR) is 110 cm³/mol. The van der Waals surface area contributed by atoms with Crippen LogP contribution in [-0.2, 0) is 16.1 Å². The van der Waals surface area contributed by atoms with E-state index in [1.165, 1.54) is 0 Å². The van der Waals surface area contributed by atoms with Gasteiger partial charge in [0.15, 0.2) is 0 Å². The number of ether oxygens (including phenoxy) is 1. The molecule has 0 spiro atoms. The molecule has 0 heterocycles. The van der Waals surface area contributed by atoms with E-state index in [-0.39, 0.29) is 23.7 Å². The topological polar surface area (TPSA) is 67.4 Å². The lowest BCUT2D eigenvalue weighted by atomic mass is 9.98. The number of hydrogen-bond donors (Lipinski definition) is 2. The second kappa shape index (κ2) is 8.46. The van der Waals surface area contributed by atoms with Gasteiger partial charge < -0.3 is 15.4 Å². The maximum Gasteiger partial charge on any atom is 0.228 e. The van der Waals surface area contributed by atoms with Crippen LogP contribution in [0.25, 0.3) is 0 Å². The Balaban J connectivity index is 1.58. The number of anilines is 1. The fourth-order valence-electron chi connectivity index (χ4n) is 3.50. The molecule has 3 rings (SSSR count). The molecule has 5 nitrogen and oxygen atoms in total. The van der Waals surface area contributed by atoms with Crippen molar-refractivity contribution in [2.75, 3.05) is 12.4 Å². The Kier molecular flexibility index (Phi) is 6.02. The van der Waals surface area contributed by atoms with Gasteiger partial charge in [0, 0.05) is 17.8 Å². The molecule has 2 unspecified atom stereocenters. The van der Waals surface area contributed by atoms with Crippen LogP contribution in [0.1, 0.15) is 42.9 Å². The number of hydrogen-bond acceptors (Lipinski definition) is 3. The van der Waals surface area contributed by atoms with Crippen molar-refractivity contribution in [1.29, 1.82) is 0 Å². The number of amides is 2.